The third kappa shape index (κ3) is 2.32. The highest BCUT2D eigenvalue weighted by atomic mass is 19.4. The minimum absolute atomic E-state index is 0.0923. The van der Waals surface area contributed by atoms with E-state index in [4.69, 9.17) is 0 Å². The quantitative estimate of drug-likeness (QED) is 0.664. The van der Waals surface area contributed by atoms with E-state index in [-0.39, 0.29) is 12.3 Å². The molecule has 9 heteroatoms. The Balaban J connectivity index is 2.74. The van der Waals surface area contributed by atoms with Crippen molar-refractivity contribution >= 4 is 11.7 Å². The van der Waals surface area contributed by atoms with Gasteiger partial charge < -0.3 is 0 Å². The van der Waals surface area contributed by atoms with E-state index < -0.39 is 23.9 Å². The molecule has 0 fully saturated rings. The molecule has 0 aromatic heterocycles. The van der Waals surface area contributed by atoms with Gasteiger partial charge in [-0.15, -0.1) is 0 Å². The number of fused-ring (bicyclic) bond motifs is 1. The lowest BCUT2D eigenvalue weighted by Gasteiger charge is -2.40. The van der Waals surface area contributed by atoms with Gasteiger partial charge in [0.25, 0.3) is 0 Å². The first-order valence-electron chi connectivity index (χ1n) is 6.41. The Bertz CT molecular complexity index is 592. The number of rotatable bonds is 1. The molecule has 2 aliphatic rings. The van der Waals surface area contributed by atoms with E-state index in [2.05, 4.69) is 9.98 Å². The van der Waals surface area contributed by atoms with Crippen molar-refractivity contribution in [1.82, 2.24) is 4.90 Å². The molecule has 0 radical (unpaired) electrons. The van der Waals surface area contributed by atoms with Gasteiger partial charge >= 0.3 is 18.0 Å². The summed E-state index contributed by atoms with van der Waals surface area (Å²) in [5.74, 6) is -0.726. The topological polar surface area (TPSA) is 28.0 Å². The maximum atomic E-state index is 13.2. The maximum absolute atomic E-state index is 13.2. The van der Waals surface area contributed by atoms with Gasteiger partial charge in [-0.05, 0) is 31.6 Å². The van der Waals surface area contributed by atoms with Gasteiger partial charge in [-0.2, -0.15) is 26.3 Å². The second kappa shape index (κ2) is 4.85. The smallest absolute Gasteiger partial charge is 0.287 e. The molecule has 0 aliphatic carbocycles. The van der Waals surface area contributed by atoms with Crippen molar-refractivity contribution in [3.63, 3.8) is 0 Å². The van der Waals surface area contributed by atoms with Crippen molar-refractivity contribution in [1.29, 1.82) is 0 Å². The van der Waals surface area contributed by atoms with Crippen LogP contribution >= 0.6 is 0 Å². The van der Waals surface area contributed by atoms with Gasteiger partial charge in [-0.1, -0.05) is 6.92 Å². The number of hydrogen-bond donors (Lipinski definition) is 0. The Morgan fingerprint density at radius 2 is 1.55 bits per heavy atom. The van der Waals surface area contributed by atoms with Gasteiger partial charge in [-0.25, -0.2) is 9.98 Å². The summed E-state index contributed by atoms with van der Waals surface area (Å²) >= 11 is 0. The third-order valence-electron chi connectivity index (χ3n) is 3.31. The zero-order chi connectivity index (χ0) is 16.9. The predicted octanol–water partition coefficient (Wildman–Crippen LogP) is 4.19. The summed E-state index contributed by atoms with van der Waals surface area (Å²) in [6.45, 7) is 4.59. The molecule has 0 N–H and O–H groups in total. The number of amidine groups is 2. The van der Waals surface area contributed by atoms with Crippen LogP contribution in [0.1, 0.15) is 27.2 Å². The highest BCUT2D eigenvalue weighted by Crippen LogP contribution is 2.49. The summed E-state index contributed by atoms with van der Waals surface area (Å²) in [6, 6.07) is 0. The normalized spacial score (nSPS) is 21.6. The Kier molecular flexibility index (Phi) is 3.65. The minimum atomic E-state index is -5.68. The number of alkyl halides is 6. The van der Waals surface area contributed by atoms with E-state index >= 15 is 0 Å². The maximum Gasteiger partial charge on any atom is 0.443 e. The molecule has 0 bridgehead atoms. The third-order valence-corrected chi connectivity index (χ3v) is 3.31. The molecule has 2 rings (SSSR count). The zero-order valence-corrected chi connectivity index (χ0v) is 12.0. The second-order valence-electron chi connectivity index (χ2n) is 5.03. The molecule has 122 valence electrons. The molecule has 0 aromatic carbocycles. The van der Waals surface area contributed by atoms with E-state index in [1.54, 1.807) is 19.9 Å². The summed E-state index contributed by atoms with van der Waals surface area (Å²) in [5, 5.41) is 0. The van der Waals surface area contributed by atoms with Crippen LogP contribution < -0.4 is 0 Å². The van der Waals surface area contributed by atoms with Crippen molar-refractivity contribution < 1.29 is 26.3 Å². The van der Waals surface area contributed by atoms with E-state index in [1.807, 2.05) is 0 Å². The van der Waals surface area contributed by atoms with Crippen molar-refractivity contribution in [3.05, 3.63) is 23.4 Å². The van der Waals surface area contributed by atoms with Gasteiger partial charge in [0.1, 0.15) is 11.7 Å². The fourth-order valence-corrected chi connectivity index (χ4v) is 2.38. The number of hydrogen-bond acceptors (Lipinski definition) is 3. The average molecular weight is 325 g/mol. The molecule has 22 heavy (non-hydrogen) atoms. The summed E-state index contributed by atoms with van der Waals surface area (Å²) in [5.41, 5.74) is -3.47. The van der Waals surface area contributed by atoms with Crippen molar-refractivity contribution in [2.75, 3.05) is 0 Å². The van der Waals surface area contributed by atoms with E-state index in [1.165, 1.54) is 17.9 Å². The molecule has 2 aliphatic heterocycles. The van der Waals surface area contributed by atoms with Crippen molar-refractivity contribution in [2.45, 2.75) is 45.2 Å². The first-order valence-corrected chi connectivity index (χ1v) is 6.41. The minimum Gasteiger partial charge on any atom is -0.287 e. The molecule has 0 amide bonds. The van der Waals surface area contributed by atoms with Crippen molar-refractivity contribution in [3.8, 4) is 0 Å². The standard InChI is InChI=1S/C13H13F6N3/c1-4-9-20-11(12(14,15)16,13(17,18)19)21-10-6-7(2)5-8(3)22(9)10/h5-6H,4H2,1-3H3. The molecule has 0 unspecified atom stereocenters. The van der Waals surface area contributed by atoms with Gasteiger partial charge in [0.2, 0.25) is 0 Å². The van der Waals surface area contributed by atoms with Crippen LogP contribution in [-0.2, 0) is 0 Å². The molecule has 3 nitrogen and oxygen atoms in total. The molecular formula is C13H13F6N3. The average Bonchev–Trinajstić information content (AvgIpc) is 2.33. The Labute approximate surface area is 122 Å². The van der Waals surface area contributed by atoms with Gasteiger partial charge in [0.15, 0.2) is 0 Å². The fraction of sp³-hybridized carbons (Fsp3) is 0.538. The lowest BCUT2D eigenvalue weighted by Crippen LogP contribution is -2.59. The second-order valence-corrected chi connectivity index (χ2v) is 5.03. The van der Waals surface area contributed by atoms with Gasteiger partial charge in [0.05, 0.1) is 0 Å². The molecule has 0 aromatic rings. The number of nitrogens with zero attached hydrogens (tertiary/aromatic N) is 3. The van der Waals surface area contributed by atoms with Crippen LogP contribution in [0.2, 0.25) is 0 Å². The highest BCUT2D eigenvalue weighted by Gasteiger charge is 2.73. The first kappa shape index (κ1) is 16.6. The Hall–Kier alpha value is -1.80. The summed E-state index contributed by atoms with van der Waals surface area (Å²) in [6.07, 6.45) is -8.63. The number of halogens is 6. The van der Waals surface area contributed by atoms with Crippen molar-refractivity contribution in [2.24, 2.45) is 9.98 Å². The highest BCUT2D eigenvalue weighted by molar-refractivity contribution is 6.10. The van der Waals surface area contributed by atoms with Crippen LogP contribution in [0.3, 0.4) is 0 Å². The van der Waals surface area contributed by atoms with Gasteiger partial charge in [-0.3, -0.25) is 4.90 Å². The Morgan fingerprint density at radius 1 is 1.00 bits per heavy atom. The number of allylic oxidation sites excluding steroid dienone is 3. The van der Waals surface area contributed by atoms with Crippen LogP contribution in [0.4, 0.5) is 26.3 Å². The Morgan fingerprint density at radius 3 is 2.00 bits per heavy atom. The van der Waals surface area contributed by atoms with Crippen LogP contribution in [-0.4, -0.2) is 34.6 Å². The molecular weight excluding hydrogens is 312 g/mol. The summed E-state index contributed by atoms with van der Waals surface area (Å²) in [4.78, 5) is 7.14. The summed E-state index contributed by atoms with van der Waals surface area (Å²) < 4.78 is 79.0. The van der Waals surface area contributed by atoms with E-state index in [0.29, 0.717) is 11.3 Å². The predicted molar refractivity (Wildman–Crippen MR) is 69.4 cm³/mol. The molecule has 0 saturated carbocycles. The molecule has 0 spiro atoms. The number of aliphatic imine (C=N–C) groups is 2. The zero-order valence-electron chi connectivity index (χ0n) is 12.0. The fourth-order valence-electron chi connectivity index (χ4n) is 2.38. The summed E-state index contributed by atoms with van der Waals surface area (Å²) in [7, 11) is 0. The lowest BCUT2D eigenvalue weighted by molar-refractivity contribution is -0.293. The van der Waals surface area contributed by atoms with Crippen LogP contribution in [0.25, 0.3) is 0 Å². The van der Waals surface area contributed by atoms with Crippen LogP contribution in [0, 0.1) is 0 Å². The molecule has 0 saturated heterocycles. The first-order chi connectivity index (χ1) is 9.93. The van der Waals surface area contributed by atoms with E-state index in [9.17, 15) is 26.3 Å². The van der Waals surface area contributed by atoms with Gasteiger partial charge in [0, 0.05) is 12.1 Å². The largest absolute Gasteiger partial charge is 0.443 e. The molecule has 2 heterocycles. The monoisotopic (exact) mass is 325 g/mol. The van der Waals surface area contributed by atoms with E-state index in [0.717, 1.165) is 0 Å². The molecule has 0 atom stereocenters. The van der Waals surface area contributed by atoms with Crippen LogP contribution in [0.5, 0.6) is 0 Å². The lowest BCUT2D eigenvalue weighted by atomic mass is 10.1. The van der Waals surface area contributed by atoms with Crippen LogP contribution in [0.15, 0.2) is 33.4 Å². The SMILES string of the molecule is CCC1=NC(C(F)(F)F)(C(F)(F)F)N=C2C=C(C)C=C(C)N21.